The molecule has 9 rings (SSSR count). The minimum atomic E-state index is -0.985. The molecule has 7 heterocycles. The molecule has 2 atom stereocenters. The molecule has 17 heteroatoms. The van der Waals surface area contributed by atoms with Gasteiger partial charge in [-0.1, -0.05) is 26.0 Å². The molecule has 320 valence electrons. The first-order valence-corrected chi connectivity index (χ1v) is 21.5. The summed E-state index contributed by atoms with van der Waals surface area (Å²) in [5.74, 6) is -1.64. The van der Waals surface area contributed by atoms with Crippen LogP contribution in [-0.4, -0.2) is 143 Å². The predicted octanol–water partition coefficient (Wildman–Crippen LogP) is 2.86. The number of carbonyl (C=O) groups is 6. The van der Waals surface area contributed by atoms with Crippen LogP contribution in [0.4, 0.5) is 27.8 Å². The Labute approximate surface area is 354 Å². The lowest BCUT2D eigenvalue weighted by atomic mass is 9.74. The van der Waals surface area contributed by atoms with Gasteiger partial charge in [-0.2, -0.15) is 0 Å². The summed E-state index contributed by atoms with van der Waals surface area (Å²) in [6, 6.07) is 13.1. The van der Waals surface area contributed by atoms with Gasteiger partial charge in [0.2, 0.25) is 11.8 Å². The number of fused-ring (bicyclic) bond motifs is 1. The number of nitrogens with zero attached hydrogens (tertiary/aromatic N) is 8. The third-order valence-corrected chi connectivity index (χ3v) is 13.8. The van der Waals surface area contributed by atoms with Gasteiger partial charge in [-0.3, -0.25) is 39.1 Å². The zero-order valence-electron chi connectivity index (χ0n) is 35.0. The molecule has 6 aliphatic heterocycles. The zero-order chi connectivity index (χ0) is 42.7. The van der Waals surface area contributed by atoms with Crippen molar-refractivity contribution in [2.45, 2.75) is 82.3 Å². The van der Waals surface area contributed by atoms with Crippen molar-refractivity contribution in [3.63, 3.8) is 0 Å². The molecule has 2 aromatic carbocycles. The number of amides is 7. The zero-order valence-corrected chi connectivity index (χ0v) is 35.0. The maximum atomic E-state index is 13.4. The van der Waals surface area contributed by atoms with E-state index < -0.39 is 35.6 Å². The Morgan fingerprint density at radius 3 is 2.26 bits per heavy atom. The third kappa shape index (κ3) is 7.31. The van der Waals surface area contributed by atoms with Crippen molar-refractivity contribution in [2.24, 2.45) is 5.73 Å². The van der Waals surface area contributed by atoms with Crippen LogP contribution in [0.25, 0.3) is 0 Å². The maximum Gasteiger partial charge on any atom is 0.320 e. The van der Waals surface area contributed by atoms with E-state index >= 15 is 0 Å². The van der Waals surface area contributed by atoms with Gasteiger partial charge in [0.25, 0.3) is 17.7 Å². The summed E-state index contributed by atoms with van der Waals surface area (Å²) < 4.78 is 0. The molecule has 6 aliphatic rings. The van der Waals surface area contributed by atoms with Crippen LogP contribution in [0.5, 0.6) is 0 Å². The van der Waals surface area contributed by atoms with Gasteiger partial charge in [-0.15, -0.1) is 0 Å². The number of nitrogens with two attached hydrogens (primary N) is 1. The second kappa shape index (κ2) is 15.7. The van der Waals surface area contributed by atoms with Gasteiger partial charge in [0.1, 0.15) is 6.04 Å². The number of hydrogen-bond acceptors (Lipinski definition) is 12. The molecule has 0 bridgehead atoms. The second-order valence-electron chi connectivity index (χ2n) is 17.6. The van der Waals surface area contributed by atoms with Gasteiger partial charge in [0, 0.05) is 70.2 Å². The average molecular weight is 832 g/mol. The summed E-state index contributed by atoms with van der Waals surface area (Å²) in [6.45, 7) is 10.7. The number of piperidine rings is 3. The lowest BCUT2D eigenvalue weighted by Gasteiger charge is -2.50. The number of carbonyl (C=O) groups excluding carboxylic acids is 6. The average Bonchev–Trinajstić information content (AvgIpc) is 3.70. The highest BCUT2D eigenvalue weighted by molar-refractivity contribution is 6.23. The standard InChI is InChI=1S/C44H53N11O6/c1-4-33-39(52-17-5-6-29(23-52)54-21-20-50(3)43(54)61)49-38(36(47-33)37(45)57)46-27-9-7-26(8-10-27)44(2)15-18-51(19-16-44)30-24-53(25-30)28-11-12-31-32(22-28)42(60)55(41(31)59)34-13-14-35(56)48-40(34)58/h7-12,22,29-30,34H,4-6,13-21,23-25H2,1-3H3,(H2,45,57)(H,46,49)(H,48,56,58). The number of nitrogens with one attached hydrogen (secondary N) is 2. The first-order valence-electron chi connectivity index (χ1n) is 21.5. The normalized spacial score (nSPS) is 23.4. The maximum absolute atomic E-state index is 13.4. The molecule has 0 radical (unpaired) electrons. The van der Waals surface area contributed by atoms with Crippen molar-refractivity contribution in [3.8, 4) is 0 Å². The van der Waals surface area contributed by atoms with E-state index in [-0.39, 0.29) is 41.6 Å². The number of rotatable bonds is 10. The largest absolute Gasteiger partial charge is 0.368 e. The molecule has 0 saturated carbocycles. The van der Waals surface area contributed by atoms with Crippen LogP contribution >= 0.6 is 0 Å². The van der Waals surface area contributed by atoms with E-state index in [0.717, 1.165) is 81.2 Å². The number of hydrogen-bond donors (Lipinski definition) is 3. The summed E-state index contributed by atoms with van der Waals surface area (Å²) in [4.78, 5) is 97.5. The van der Waals surface area contributed by atoms with Crippen molar-refractivity contribution in [1.82, 2.24) is 34.9 Å². The van der Waals surface area contributed by atoms with E-state index in [1.807, 2.05) is 37.1 Å². The fourth-order valence-corrected chi connectivity index (χ4v) is 9.94. The highest BCUT2D eigenvalue weighted by atomic mass is 16.2. The summed E-state index contributed by atoms with van der Waals surface area (Å²) in [6.07, 6.45) is 4.60. The number of urea groups is 1. The minimum Gasteiger partial charge on any atom is -0.368 e. The molecule has 5 saturated heterocycles. The number of aromatic nitrogens is 2. The highest BCUT2D eigenvalue weighted by Crippen LogP contribution is 2.39. The predicted molar refractivity (Wildman–Crippen MR) is 227 cm³/mol. The Morgan fingerprint density at radius 1 is 0.869 bits per heavy atom. The Hall–Kier alpha value is -6.10. The topological polar surface area (TPSA) is 198 Å². The summed E-state index contributed by atoms with van der Waals surface area (Å²) >= 11 is 0. The van der Waals surface area contributed by atoms with E-state index in [1.54, 1.807) is 17.0 Å². The van der Waals surface area contributed by atoms with Crippen molar-refractivity contribution in [1.29, 1.82) is 0 Å². The SMILES string of the molecule is CCc1nc(C(N)=O)c(Nc2ccc(C3(C)CCN(C4CN(c5ccc6c(c5)C(=O)N(C5CCC(=O)NC5=O)C6=O)C4)CC3)cc2)nc1N1CCCC(N2CCN(C)C2=O)C1. The van der Waals surface area contributed by atoms with Crippen LogP contribution in [0, 0.1) is 0 Å². The van der Waals surface area contributed by atoms with E-state index in [9.17, 15) is 28.8 Å². The molecular formula is C44H53N11O6. The summed E-state index contributed by atoms with van der Waals surface area (Å²) in [7, 11) is 1.84. The molecule has 0 spiro atoms. The first-order chi connectivity index (χ1) is 29.3. The molecule has 17 nitrogen and oxygen atoms in total. The molecule has 1 aromatic heterocycles. The van der Waals surface area contributed by atoms with E-state index in [1.165, 1.54) is 5.56 Å². The molecular weight excluding hydrogens is 779 g/mol. The van der Waals surface area contributed by atoms with E-state index in [2.05, 4.69) is 44.4 Å². The van der Waals surface area contributed by atoms with Gasteiger partial charge in [-0.05, 0) is 92.9 Å². The number of imide groups is 2. The lowest BCUT2D eigenvalue weighted by molar-refractivity contribution is -0.136. The second-order valence-corrected chi connectivity index (χ2v) is 17.6. The van der Waals surface area contributed by atoms with Crippen LogP contribution in [0.2, 0.25) is 0 Å². The Kier molecular flexibility index (Phi) is 10.4. The number of aryl methyl sites for hydroxylation is 1. The molecule has 5 fully saturated rings. The first kappa shape index (κ1) is 40.3. The molecule has 2 unspecified atom stereocenters. The van der Waals surface area contributed by atoms with Crippen LogP contribution in [0.1, 0.15) is 94.8 Å². The molecule has 4 N–H and O–H groups in total. The minimum absolute atomic E-state index is 0.0236. The summed E-state index contributed by atoms with van der Waals surface area (Å²) in [5, 5.41) is 5.59. The van der Waals surface area contributed by atoms with Crippen molar-refractivity contribution in [3.05, 3.63) is 70.5 Å². The van der Waals surface area contributed by atoms with Gasteiger partial charge in [0.05, 0.1) is 22.9 Å². The smallest absolute Gasteiger partial charge is 0.320 e. The Morgan fingerprint density at radius 2 is 1.59 bits per heavy atom. The van der Waals surface area contributed by atoms with Crippen LogP contribution in [0.3, 0.4) is 0 Å². The van der Waals surface area contributed by atoms with Crippen molar-refractivity contribution >= 4 is 58.6 Å². The molecule has 0 aliphatic carbocycles. The fourth-order valence-electron chi connectivity index (χ4n) is 9.94. The van der Waals surface area contributed by atoms with Gasteiger partial charge in [0.15, 0.2) is 17.3 Å². The van der Waals surface area contributed by atoms with Crippen LogP contribution in [-0.2, 0) is 21.4 Å². The quantitative estimate of drug-likeness (QED) is 0.253. The monoisotopic (exact) mass is 831 g/mol. The highest BCUT2D eigenvalue weighted by Gasteiger charge is 2.46. The number of likely N-dealkylation sites (tertiary alicyclic amines) is 1. The number of primary amides is 1. The van der Waals surface area contributed by atoms with E-state index in [4.69, 9.17) is 15.7 Å². The molecule has 61 heavy (non-hydrogen) atoms. The van der Waals surface area contributed by atoms with Crippen molar-refractivity contribution in [2.75, 3.05) is 74.5 Å². The van der Waals surface area contributed by atoms with Gasteiger partial charge >= 0.3 is 6.03 Å². The summed E-state index contributed by atoms with van der Waals surface area (Å²) in [5.41, 5.74) is 10.1. The van der Waals surface area contributed by atoms with Crippen LogP contribution < -0.4 is 26.2 Å². The Bertz CT molecular complexity index is 2300. The molecule has 3 aromatic rings. The molecule has 7 amide bonds. The number of likely N-dealkylation sites (N-methyl/N-ethyl adjacent to an activating group) is 1. The van der Waals surface area contributed by atoms with Crippen LogP contribution in [0.15, 0.2) is 42.5 Å². The lowest BCUT2D eigenvalue weighted by Crippen LogP contribution is -2.61. The fraction of sp³-hybridized carbons (Fsp3) is 0.500. The Balaban J connectivity index is 0.816. The van der Waals surface area contributed by atoms with Gasteiger partial charge in [-0.25, -0.2) is 14.8 Å². The van der Waals surface area contributed by atoms with E-state index in [0.29, 0.717) is 48.4 Å². The van der Waals surface area contributed by atoms with Crippen molar-refractivity contribution < 1.29 is 28.8 Å². The third-order valence-electron chi connectivity index (χ3n) is 13.8. The number of anilines is 4. The number of benzene rings is 2. The van der Waals surface area contributed by atoms with Gasteiger partial charge < -0.3 is 30.7 Å².